The Bertz CT molecular complexity index is 1480. The lowest BCUT2D eigenvalue weighted by atomic mass is 9.88. The van der Waals surface area contributed by atoms with Crippen LogP contribution in [0.4, 0.5) is 14.6 Å². The Kier molecular flexibility index (Phi) is 8.18. The number of hydrogen-bond donors (Lipinski definition) is 0. The molecule has 2 aliphatic heterocycles. The van der Waals surface area contributed by atoms with Crippen LogP contribution in [0.2, 0.25) is 0 Å². The molecular formula is C34H40F2N4. The first-order valence-electron chi connectivity index (χ1n) is 14.5. The van der Waals surface area contributed by atoms with Crippen LogP contribution in [0.1, 0.15) is 74.2 Å². The summed E-state index contributed by atoms with van der Waals surface area (Å²) in [4.78, 5) is 14.4. The molecule has 0 amide bonds. The summed E-state index contributed by atoms with van der Waals surface area (Å²) in [6, 6.07) is 8.90. The number of nitrogens with zero attached hydrogens (tertiary/aromatic N) is 4. The highest BCUT2D eigenvalue weighted by Crippen LogP contribution is 2.42. The predicted molar refractivity (Wildman–Crippen MR) is 164 cm³/mol. The predicted octanol–water partition coefficient (Wildman–Crippen LogP) is 8.02. The fourth-order valence-corrected chi connectivity index (χ4v) is 6.66. The standard InChI is InChI=1S/C34H40F2N4/c1-6-23(3)21-27-32(29(36)22-25-12-8-11-24-13-14-28(35)26(7-2)31(24)25)37-30(38-33(27)39(4)5)15-18-34-16-9-19-40(34)20-10-17-34/h6,8,11-14,21-22H,1,7,9-10,15-20H2,2-5H3/b23-21+,29-22-. The molecule has 40 heavy (non-hydrogen) atoms. The van der Waals surface area contributed by atoms with Crippen molar-refractivity contribution >= 4 is 34.6 Å². The maximum absolute atomic E-state index is 16.5. The third-order valence-corrected chi connectivity index (χ3v) is 8.70. The molecule has 0 spiro atoms. The smallest absolute Gasteiger partial charge is 0.150 e. The molecule has 0 bridgehead atoms. The quantitative estimate of drug-likeness (QED) is 0.256. The van der Waals surface area contributed by atoms with Gasteiger partial charge in [0.2, 0.25) is 0 Å². The number of allylic oxidation sites excluding steroid dienone is 2. The molecule has 0 N–H and O–H groups in total. The maximum atomic E-state index is 16.5. The number of rotatable bonds is 9. The van der Waals surface area contributed by atoms with Crippen molar-refractivity contribution in [2.24, 2.45) is 0 Å². The van der Waals surface area contributed by atoms with E-state index in [9.17, 15) is 4.39 Å². The molecule has 3 aromatic rings. The van der Waals surface area contributed by atoms with E-state index in [2.05, 4.69) is 11.5 Å². The van der Waals surface area contributed by atoms with Crippen molar-refractivity contribution in [2.45, 2.75) is 64.3 Å². The lowest BCUT2D eigenvalue weighted by molar-refractivity contribution is 0.181. The fourth-order valence-electron chi connectivity index (χ4n) is 6.66. The Hall–Kier alpha value is -3.38. The van der Waals surface area contributed by atoms with Crippen molar-refractivity contribution in [3.8, 4) is 0 Å². The molecule has 2 aliphatic rings. The molecule has 0 atom stereocenters. The van der Waals surface area contributed by atoms with Gasteiger partial charge in [0.25, 0.3) is 0 Å². The van der Waals surface area contributed by atoms with Gasteiger partial charge in [0.05, 0.1) is 0 Å². The van der Waals surface area contributed by atoms with E-state index in [1.165, 1.54) is 50.9 Å². The molecule has 0 radical (unpaired) electrons. The van der Waals surface area contributed by atoms with E-state index < -0.39 is 5.83 Å². The Morgan fingerprint density at radius 3 is 2.52 bits per heavy atom. The number of hydrogen-bond acceptors (Lipinski definition) is 4. The SMILES string of the molecule is C=C/C(C)=C/c1c(/C(F)=C/c2cccc3ccc(F)c(CC)c23)nc(CCC23CCCN2CCC3)nc1N(C)C. The van der Waals surface area contributed by atoms with Gasteiger partial charge in [-0.25, -0.2) is 18.7 Å². The zero-order chi connectivity index (χ0) is 28.4. The summed E-state index contributed by atoms with van der Waals surface area (Å²) >= 11 is 0. The van der Waals surface area contributed by atoms with Gasteiger partial charge in [-0.1, -0.05) is 49.4 Å². The van der Waals surface area contributed by atoms with E-state index in [1.54, 1.807) is 12.1 Å². The van der Waals surface area contributed by atoms with Crippen molar-refractivity contribution in [3.63, 3.8) is 0 Å². The minimum atomic E-state index is -0.463. The molecule has 210 valence electrons. The van der Waals surface area contributed by atoms with Crippen molar-refractivity contribution < 1.29 is 8.78 Å². The van der Waals surface area contributed by atoms with Gasteiger partial charge in [-0.3, -0.25) is 4.90 Å². The number of anilines is 1. The van der Waals surface area contributed by atoms with Crippen LogP contribution in [-0.4, -0.2) is 47.6 Å². The highest BCUT2D eigenvalue weighted by molar-refractivity contribution is 5.97. The number of aromatic nitrogens is 2. The Morgan fingerprint density at radius 1 is 1.10 bits per heavy atom. The summed E-state index contributed by atoms with van der Waals surface area (Å²) in [6.07, 6.45) is 12.2. The molecule has 2 fully saturated rings. The molecule has 2 aromatic carbocycles. The molecule has 6 heteroatoms. The lowest BCUT2D eigenvalue weighted by Gasteiger charge is -2.32. The van der Waals surface area contributed by atoms with Crippen LogP contribution in [0.25, 0.3) is 28.8 Å². The zero-order valence-corrected chi connectivity index (χ0v) is 24.2. The van der Waals surface area contributed by atoms with Crippen molar-refractivity contribution in [1.29, 1.82) is 0 Å². The van der Waals surface area contributed by atoms with Crippen molar-refractivity contribution in [2.75, 3.05) is 32.1 Å². The van der Waals surface area contributed by atoms with Crippen molar-refractivity contribution in [3.05, 3.63) is 82.6 Å². The normalized spacial score (nSPS) is 17.4. The van der Waals surface area contributed by atoms with Gasteiger partial charge in [-0.05, 0) is 98.7 Å². The molecule has 2 saturated heterocycles. The summed E-state index contributed by atoms with van der Waals surface area (Å²) in [6.45, 7) is 10.1. The van der Waals surface area contributed by atoms with E-state index in [1.807, 2.05) is 57.1 Å². The van der Waals surface area contributed by atoms with Gasteiger partial charge in [0, 0.05) is 31.6 Å². The minimum Gasteiger partial charge on any atom is -0.362 e. The Morgan fingerprint density at radius 2 is 1.85 bits per heavy atom. The largest absolute Gasteiger partial charge is 0.362 e. The first-order chi connectivity index (χ1) is 19.3. The van der Waals surface area contributed by atoms with E-state index in [0.717, 1.165) is 22.8 Å². The summed E-state index contributed by atoms with van der Waals surface area (Å²) in [5.41, 5.74) is 3.23. The summed E-state index contributed by atoms with van der Waals surface area (Å²) < 4.78 is 31.2. The van der Waals surface area contributed by atoms with E-state index in [-0.39, 0.29) is 17.1 Å². The van der Waals surface area contributed by atoms with Crippen LogP contribution in [0, 0.1) is 5.82 Å². The molecule has 5 rings (SSSR count). The molecule has 3 heterocycles. The fraction of sp³-hybridized carbons (Fsp3) is 0.412. The summed E-state index contributed by atoms with van der Waals surface area (Å²) in [7, 11) is 3.85. The average molecular weight is 543 g/mol. The van der Waals surface area contributed by atoms with Gasteiger partial charge in [-0.2, -0.15) is 0 Å². The molecule has 0 saturated carbocycles. The minimum absolute atomic E-state index is 0.234. The lowest BCUT2D eigenvalue weighted by Crippen LogP contribution is -2.38. The Labute approximate surface area is 237 Å². The topological polar surface area (TPSA) is 32.3 Å². The zero-order valence-electron chi connectivity index (χ0n) is 24.2. The van der Waals surface area contributed by atoms with Gasteiger partial charge in [-0.15, -0.1) is 0 Å². The van der Waals surface area contributed by atoms with Crippen LogP contribution in [0.5, 0.6) is 0 Å². The van der Waals surface area contributed by atoms with Crippen molar-refractivity contribution in [1.82, 2.24) is 14.9 Å². The molecule has 0 aliphatic carbocycles. The highest BCUT2D eigenvalue weighted by atomic mass is 19.1. The number of halogens is 2. The molecule has 4 nitrogen and oxygen atoms in total. The molecular weight excluding hydrogens is 502 g/mol. The number of fused-ring (bicyclic) bond motifs is 2. The van der Waals surface area contributed by atoms with Crippen LogP contribution in [0.15, 0.2) is 48.6 Å². The van der Waals surface area contributed by atoms with E-state index in [4.69, 9.17) is 9.97 Å². The van der Waals surface area contributed by atoms with Gasteiger partial charge in [0.15, 0.2) is 0 Å². The molecule has 1 aromatic heterocycles. The Balaban J connectivity index is 1.63. The van der Waals surface area contributed by atoms with Crippen LogP contribution >= 0.6 is 0 Å². The highest BCUT2D eigenvalue weighted by Gasteiger charge is 2.43. The average Bonchev–Trinajstić information content (AvgIpc) is 3.53. The van der Waals surface area contributed by atoms with Crippen LogP contribution < -0.4 is 4.90 Å². The number of aryl methyl sites for hydroxylation is 2. The van der Waals surface area contributed by atoms with E-state index >= 15 is 4.39 Å². The summed E-state index contributed by atoms with van der Waals surface area (Å²) in [5, 5.41) is 1.63. The second-order valence-corrected chi connectivity index (χ2v) is 11.4. The van der Waals surface area contributed by atoms with E-state index in [0.29, 0.717) is 41.2 Å². The van der Waals surface area contributed by atoms with Crippen LogP contribution in [0.3, 0.4) is 0 Å². The van der Waals surface area contributed by atoms with Crippen LogP contribution in [-0.2, 0) is 12.8 Å². The maximum Gasteiger partial charge on any atom is 0.150 e. The third kappa shape index (κ3) is 5.34. The number of benzene rings is 2. The van der Waals surface area contributed by atoms with Gasteiger partial charge >= 0.3 is 0 Å². The van der Waals surface area contributed by atoms with Gasteiger partial charge in [0.1, 0.15) is 29.0 Å². The first-order valence-corrected chi connectivity index (χ1v) is 14.5. The second kappa shape index (κ2) is 11.6. The third-order valence-electron chi connectivity index (χ3n) is 8.70. The molecule has 0 unspecified atom stereocenters. The monoisotopic (exact) mass is 542 g/mol. The summed E-state index contributed by atoms with van der Waals surface area (Å²) in [5.74, 6) is 0.598. The first kappa shape index (κ1) is 28.2. The second-order valence-electron chi connectivity index (χ2n) is 11.4. The van der Waals surface area contributed by atoms with Gasteiger partial charge < -0.3 is 4.90 Å².